The molecule has 1 aromatic rings. The molecule has 3 nitrogen and oxygen atoms in total. The largest absolute Gasteiger partial charge is 0.396 e. The zero-order chi connectivity index (χ0) is 13.5. The van der Waals surface area contributed by atoms with E-state index in [0.29, 0.717) is 17.3 Å². The van der Waals surface area contributed by atoms with Crippen LogP contribution in [0.4, 0.5) is 11.4 Å². The third-order valence-corrected chi connectivity index (χ3v) is 3.39. The number of nitrogens with two attached hydrogens (primary N) is 1. The zero-order valence-electron chi connectivity index (χ0n) is 11.6. The molecule has 1 rings (SSSR count). The summed E-state index contributed by atoms with van der Waals surface area (Å²) < 4.78 is 0. The molecule has 2 N–H and O–H groups in total. The Labute approximate surface area is 110 Å². The number of benzene rings is 1. The van der Waals surface area contributed by atoms with Crippen LogP contribution < -0.4 is 10.6 Å². The van der Waals surface area contributed by atoms with Crippen molar-refractivity contribution in [3.05, 3.63) is 23.8 Å². The highest BCUT2D eigenvalue weighted by Gasteiger charge is 2.16. The lowest BCUT2D eigenvalue weighted by molar-refractivity contribution is 0.596. The van der Waals surface area contributed by atoms with Crippen LogP contribution in [0.3, 0.4) is 0 Å². The Morgan fingerprint density at radius 1 is 1.39 bits per heavy atom. The molecule has 0 heterocycles. The van der Waals surface area contributed by atoms with Crippen molar-refractivity contribution in [1.29, 1.82) is 5.26 Å². The normalized spacial score (nSPS) is 11.9. The summed E-state index contributed by atoms with van der Waals surface area (Å²) in [7, 11) is 0. The van der Waals surface area contributed by atoms with Crippen LogP contribution in [0, 0.1) is 11.3 Å². The summed E-state index contributed by atoms with van der Waals surface area (Å²) in [4.78, 5) is 2.32. The van der Waals surface area contributed by atoms with Gasteiger partial charge in [0.25, 0.3) is 0 Å². The maximum atomic E-state index is 9.05. The summed E-state index contributed by atoms with van der Waals surface area (Å²) in [5.41, 5.74) is 8.27. The molecular weight excluding hydrogens is 222 g/mol. The third-order valence-electron chi connectivity index (χ3n) is 3.39. The van der Waals surface area contributed by atoms with E-state index in [2.05, 4.69) is 31.7 Å². The van der Waals surface area contributed by atoms with Crippen LogP contribution in [0.1, 0.15) is 45.6 Å². The summed E-state index contributed by atoms with van der Waals surface area (Å²) in [6.45, 7) is 7.55. The highest BCUT2D eigenvalue weighted by molar-refractivity contribution is 5.74. The Balaban J connectivity index is 3.09. The Bertz CT molecular complexity index is 420. The molecule has 0 fully saturated rings. The van der Waals surface area contributed by atoms with Gasteiger partial charge in [-0.25, -0.2) is 0 Å². The summed E-state index contributed by atoms with van der Waals surface area (Å²) in [6.07, 6.45) is 3.37. The molecule has 0 amide bonds. The van der Waals surface area contributed by atoms with Gasteiger partial charge in [0.2, 0.25) is 0 Å². The van der Waals surface area contributed by atoms with Crippen LogP contribution in [-0.4, -0.2) is 12.6 Å². The van der Waals surface area contributed by atoms with Gasteiger partial charge in [-0.3, -0.25) is 0 Å². The minimum atomic E-state index is 0.438. The molecule has 1 aromatic carbocycles. The molecular formula is C15H23N3. The van der Waals surface area contributed by atoms with E-state index in [1.807, 2.05) is 12.1 Å². The fraction of sp³-hybridized carbons (Fsp3) is 0.533. The van der Waals surface area contributed by atoms with Crippen molar-refractivity contribution in [2.75, 3.05) is 17.2 Å². The van der Waals surface area contributed by atoms with Crippen molar-refractivity contribution < 1.29 is 0 Å². The first-order valence-corrected chi connectivity index (χ1v) is 6.70. The minimum absolute atomic E-state index is 0.438. The molecule has 0 aliphatic carbocycles. The molecule has 98 valence electrons. The van der Waals surface area contributed by atoms with Crippen molar-refractivity contribution in [1.82, 2.24) is 0 Å². The predicted octanol–water partition coefficient (Wildman–Crippen LogP) is 3.55. The SMILES string of the molecule is CCCCN(c1cccc(C#N)c1N)C(C)CC. The minimum Gasteiger partial charge on any atom is -0.396 e. The number of nitriles is 1. The molecule has 0 aliphatic rings. The van der Waals surface area contributed by atoms with Gasteiger partial charge in [0, 0.05) is 12.6 Å². The smallest absolute Gasteiger partial charge is 0.101 e. The first-order valence-electron chi connectivity index (χ1n) is 6.70. The molecule has 3 heteroatoms. The molecule has 0 radical (unpaired) electrons. The molecule has 1 atom stereocenters. The second-order valence-electron chi connectivity index (χ2n) is 4.65. The van der Waals surface area contributed by atoms with Crippen LogP contribution in [0.25, 0.3) is 0 Å². The topological polar surface area (TPSA) is 53.0 Å². The first kappa shape index (κ1) is 14.4. The Kier molecular flexibility index (Phi) is 5.51. The highest BCUT2D eigenvalue weighted by Crippen LogP contribution is 2.28. The van der Waals surface area contributed by atoms with Crippen molar-refractivity contribution in [3.8, 4) is 6.07 Å². The van der Waals surface area contributed by atoms with Crippen LogP contribution in [0.15, 0.2) is 18.2 Å². The predicted molar refractivity (Wildman–Crippen MR) is 77.6 cm³/mol. The average molecular weight is 245 g/mol. The lowest BCUT2D eigenvalue weighted by atomic mass is 10.1. The Morgan fingerprint density at radius 2 is 2.11 bits per heavy atom. The van der Waals surface area contributed by atoms with Crippen molar-refractivity contribution in [2.24, 2.45) is 0 Å². The summed E-state index contributed by atoms with van der Waals surface area (Å²) >= 11 is 0. The first-order chi connectivity index (χ1) is 8.65. The highest BCUT2D eigenvalue weighted by atomic mass is 15.2. The quantitative estimate of drug-likeness (QED) is 0.780. The van der Waals surface area contributed by atoms with E-state index in [1.54, 1.807) is 6.07 Å². The van der Waals surface area contributed by atoms with E-state index in [4.69, 9.17) is 11.0 Å². The summed E-state index contributed by atoms with van der Waals surface area (Å²) in [5, 5.41) is 9.05. The zero-order valence-corrected chi connectivity index (χ0v) is 11.6. The molecule has 1 unspecified atom stereocenters. The lowest BCUT2D eigenvalue weighted by Gasteiger charge is -2.32. The second-order valence-corrected chi connectivity index (χ2v) is 4.65. The summed E-state index contributed by atoms with van der Waals surface area (Å²) in [5.74, 6) is 0. The summed E-state index contributed by atoms with van der Waals surface area (Å²) in [6, 6.07) is 8.28. The number of hydrogen-bond donors (Lipinski definition) is 1. The van der Waals surface area contributed by atoms with E-state index in [0.717, 1.165) is 31.5 Å². The van der Waals surface area contributed by atoms with Gasteiger partial charge >= 0.3 is 0 Å². The lowest BCUT2D eigenvalue weighted by Crippen LogP contribution is -2.34. The van der Waals surface area contributed by atoms with Gasteiger partial charge in [-0.05, 0) is 31.9 Å². The standard InChI is InChI=1S/C15H23N3/c1-4-6-10-18(12(3)5-2)14-9-7-8-13(11-16)15(14)17/h7-9,12H,4-6,10,17H2,1-3H3. The number of unbranched alkanes of at least 4 members (excludes halogenated alkanes) is 1. The molecule has 18 heavy (non-hydrogen) atoms. The molecule has 0 saturated heterocycles. The fourth-order valence-electron chi connectivity index (χ4n) is 2.03. The number of nitrogens with zero attached hydrogens (tertiary/aromatic N) is 2. The monoisotopic (exact) mass is 245 g/mol. The molecule has 0 spiro atoms. The van der Waals surface area contributed by atoms with E-state index in [9.17, 15) is 0 Å². The van der Waals surface area contributed by atoms with Crippen LogP contribution >= 0.6 is 0 Å². The van der Waals surface area contributed by atoms with Gasteiger partial charge in [0.1, 0.15) is 6.07 Å². The number of anilines is 2. The van der Waals surface area contributed by atoms with E-state index in [-0.39, 0.29) is 0 Å². The van der Waals surface area contributed by atoms with Crippen LogP contribution in [-0.2, 0) is 0 Å². The Morgan fingerprint density at radius 3 is 2.67 bits per heavy atom. The third kappa shape index (κ3) is 3.16. The molecule has 0 aliphatic heterocycles. The van der Waals surface area contributed by atoms with Gasteiger partial charge in [0.15, 0.2) is 0 Å². The molecule has 0 saturated carbocycles. The van der Waals surface area contributed by atoms with E-state index < -0.39 is 0 Å². The van der Waals surface area contributed by atoms with E-state index >= 15 is 0 Å². The van der Waals surface area contributed by atoms with Crippen LogP contribution in [0.2, 0.25) is 0 Å². The number of nitrogen functional groups attached to an aromatic ring is 1. The number of rotatable bonds is 6. The average Bonchev–Trinajstić information content (AvgIpc) is 2.40. The van der Waals surface area contributed by atoms with E-state index in [1.165, 1.54) is 0 Å². The molecule has 0 bridgehead atoms. The van der Waals surface area contributed by atoms with Crippen molar-refractivity contribution in [2.45, 2.75) is 46.1 Å². The van der Waals surface area contributed by atoms with Gasteiger partial charge in [0.05, 0.1) is 16.9 Å². The van der Waals surface area contributed by atoms with Crippen molar-refractivity contribution in [3.63, 3.8) is 0 Å². The van der Waals surface area contributed by atoms with Gasteiger partial charge in [-0.1, -0.05) is 26.3 Å². The van der Waals surface area contributed by atoms with Crippen LogP contribution in [0.5, 0.6) is 0 Å². The van der Waals surface area contributed by atoms with Gasteiger partial charge in [-0.2, -0.15) is 5.26 Å². The van der Waals surface area contributed by atoms with Crippen molar-refractivity contribution >= 4 is 11.4 Å². The number of para-hydroxylation sites is 1. The fourth-order valence-corrected chi connectivity index (χ4v) is 2.03. The maximum Gasteiger partial charge on any atom is 0.101 e. The van der Waals surface area contributed by atoms with Gasteiger partial charge < -0.3 is 10.6 Å². The maximum absolute atomic E-state index is 9.05. The Hall–Kier alpha value is -1.69. The molecule has 0 aromatic heterocycles. The van der Waals surface area contributed by atoms with Gasteiger partial charge in [-0.15, -0.1) is 0 Å². The number of hydrogen-bond acceptors (Lipinski definition) is 3. The second kappa shape index (κ2) is 6.90.